The number of carbonyl (C=O) groups excluding carboxylic acids is 1. The van der Waals surface area contributed by atoms with Gasteiger partial charge < -0.3 is 10.1 Å². The Kier molecular flexibility index (Phi) is 6.41. The van der Waals surface area contributed by atoms with Gasteiger partial charge in [0, 0.05) is 17.1 Å². The zero-order valence-electron chi connectivity index (χ0n) is 16.1. The van der Waals surface area contributed by atoms with E-state index in [0.717, 1.165) is 21.9 Å². The highest BCUT2D eigenvalue weighted by atomic mass is 32.2. The topological polar surface area (TPSA) is 92.8 Å². The van der Waals surface area contributed by atoms with Crippen LogP contribution < -0.4 is 10.1 Å². The van der Waals surface area contributed by atoms with Gasteiger partial charge in [-0.3, -0.25) is 9.89 Å². The number of nitrogens with zero attached hydrogens (tertiary/aromatic N) is 3. The van der Waals surface area contributed by atoms with Gasteiger partial charge >= 0.3 is 0 Å². The Morgan fingerprint density at radius 3 is 2.70 bits per heavy atom. The molecule has 2 aromatic heterocycles. The zero-order valence-corrected chi connectivity index (χ0v) is 17.7. The van der Waals surface area contributed by atoms with E-state index >= 15 is 0 Å². The monoisotopic (exact) mass is 437 g/mol. The molecule has 0 saturated heterocycles. The van der Waals surface area contributed by atoms with E-state index in [-0.39, 0.29) is 17.7 Å². The highest BCUT2D eigenvalue weighted by Gasteiger charge is 2.19. The fourth-order valence-corrected chi connectivity index (χ4v) is 4.16. The minimum atomic E-state index is -0.277. The molecule has 2 heterocycles. The summed E-state index contributed by atoms with van der Waals surface area (Å²) in [5.41, 5.74) is 1.89. The second-order valence-electron chi connectivity index (χ2n) is 6.27. The third-order valence-electron chi connectivity index (χ3n) is 4.30. The van der Waals surface area contributed by atoms with E-state index in [9.17, 15) is 4.79 Å². The average molecular weight is 438 g/mol. The fraction of sp³-hybridized carbons (Fsp3) is 0.143. The van der Waals surface area contributed by atoms with Gasteiger partial charge in [-0.25, -0.2) is 9.97 Å². The molecule has 152 valence electrons. The van der Waals surface area contributed by atoms with E-state index in [2.05, 4.69) is 25.5 Å². The molecular formula is C21H19N5O2S2. The summed E-state index contributed by atoms with van der Waals surface area (Å²) in [7, 11) is 1.63. The number of carbonyl (C=O) groups is 1. The van der Waals surface area contributed by atoms with Gasteiger partial charge in [0.15, 0.2) is 5.82 Å². The quantitative estimate of drug-likeness (QED) is 0.406. The molecule has 0 radical (unpaired) electrons. The third kappa shape index (κ3) is 4.87. The van der Waals surface area contributed by atoms with Gasteiger partial charge in [0.05, 0.1) is 12.9 Å². The van der Waals surface area contributed by atoms with Gasteiger partial charge in [0.1, 0.15) is 16.8 Å². The molecule has 4 rings (SSSR count). The van der Waals surface area contributed by atoms with Gasteiger partial charge in [0.2, 0.25) is 11.1 Å². The van der Waals surface area contributed by atoms with E-state index < -0.39 is 0 Å². The molecule has 1 atom stereocenters. The number of hydrogen-bond acceptors (Lipinski definition) is 7. The molecule has 9 heteroatoms. The fourth-order valence-electron chi connectivity index (χ4n) is 2.83. The predicted octanol–water partition coefficient (Wildman–Crippen LogP) is 3.93. The summed E-state index contributed by atoms with van der Waals surface area (Å²) < 4.78 is 5.17. The Bertz CT molecular complexity index is 1080. The Labute approximate surface area is 181 Å². The first-order valence-electron chi connectivity index (χ1n) is 9.16. The maximum Gasteiger partial charge on any atom is 0.231 e. The van der Waals surface area contributed by atoms with Crippen LogP contribution in [0.25, 0.3) is 11.4 Å². The molecule has 2 aromatic carbocycles. The van der Waals surface area contributed by atoms with Crippen molar-refractivity contribution in [3.8, 4) is 17.1 Å². The molecule has 0 aliphatic carbocycles. The second kappa shape index (κ2) is 9.55. The number of rotatable bonds is 8. The van der Waals surface area contributed by atoms with Crippen LogP contribution in [0.2, 0.25) is 0 Å². The molecule has 0 aliphatic rings. The Morgan fingerprint density at radius 2 is 2.00 bits per heavy atom. The first-order chi connectivity index (χ1) is 14.7. The van der Waals surface area contributed by atoms with Crippen molar-refractivity contribution >= 4 is 29.0 Å². The Balaban J connectivity index is 1.39. The minimum absolute atomic E-state index is 0.111. The van der Waals surface area contributed by atoms with Crippen molar-refractivity contribution in [1.82, 2.24) is 25.5 Å². The van der Waals surface area contributed by atoms with Crippen LogP contribution in [0.1, 0.15) is 16.6 Å². The third-order valence-corrected chi connectivity index (χ3v) is 5.99. The Hall–Kier alpha value is -3.17. The summed E-state index contributed by atoms with van der Waals surface area (Å²) in [4.78, 5) is 21.4. The van der Waals surface area contributed by atoms with Gasteiger partial charge in [-0.1, -0.05) is 42.1 Å². The van der Waals surface area contributed by atoms with Crippen LogP contribution in [-0.4, -0.2) is 38.9 Å². The number of hydrogen-bond donors (Lipinski definition) is 2. The maximum absolute atomic E-state index is 12.6. The molecule has 7 nitrogen and oxygen atoms in total. The number of benzene rings is 2. The van der Waals surface area contributed by atoms with E-state index in [1.54, 1.807) is 13.3 Å². The number of thioether (sulfide) groups is 1. The van der Waals surface area contributed by atoms with Crippen molar-refractivity contribution in [2.45, 2.75) is 11.2 Å². The summed E-state index contributed by atoms with van der Waals surface area (Å²) in [6, 6.07) is 17.1. The lowest BCUT2D eigenvalue weighted by molar-refractivity contribution is -0.119. The van der Waals surface area contributed by atoms with Gasteiger partial charge in [-0.2, -0.15) is 0 Å². The van der Waals surface area contributed by atoms with Crippen molar-refractivity contribution < 1.29 is 9.53 Å². The summed E-state index contributed by atoms with van der Waals surface area (Å²) in [5, 5.41) is 13.4. The number of aromatic nitrogens is 4. The van der Waals surface area contributed by atoms with Crippen molar-refractivity contribution in [3.05, 3.63) is 76.7 Å². The average Bonchev–Trinajstić information content (AvgIpc) is 3.49. The van der Waals surface area contributed by atoms with E-state index in [4.69, 9.17) is 4.74 Å². The zero-order chi connectivity index (χ0) is 20.8. The number of aromatic amines is 1. The molecule has 1 unspecified atom stereocenters. The number of methoxy groups -OCH3 is 1. The smallest absolute Gasteiger partial charge is 0.231 e. The summed E-state index contributed by atoms with van der Waals surface area (Å²) in [5.74, 6) is 1.51. The number of thiazole rings is 1. The van der Waals surface area contributed by atoms with E-state index in [1.807, 2.05) is 60.0 Å². The Morgan fingerprint density at radius 1 is 1.20 bits per heavy atom. The molecule has 0 saturated carbocycles. The predicted molar refractivity (Wildman–Crippen MR) is 118 cm³/mol. The standard InChI is InChI=1S/C21H19N5O2S2/c1-28-16-9-7-15(8-10-16)19-24-21(26-25-19)30-13-17(27)23-18(20-22-11-12-29-20)14-5-3-2-4-6-14/h2-12,18H,13H2,1H3,(H,23,27)(H,24,25,26). The van der Waals surface area contributed by atoms with Crippen molar-refractivity contribution in [2.24, 2.45) is 0 Å². The molecule has 0 aliphatic heterocycles. The normalized spacial score (nSPS) is 11.8. The SMILES string of the molecule is COc1ccc(-c2nc(SCC(=O)NC(c3ccccc3)c3nccs3)n[nH]2)cc1. The van der Waals surface area contributed by atoms with E-state index in [0.29, 0.717) is 11.0 Å². The van der Waals surface area contributed by atoms with Crippen molar-refractivity contribution in [1.29, 1.82) is 0 Å². The minimum Gasteiger partial charge on any atom is -0.497 e. The van der Waals surface area contributed by atoms with Crippen LogP contribution in [0, 0.1) is 0 Å². The van der Waals surface area contributed by atoms with Gasteiger partial charge in [-0.05, 0) is 29.8 Å². The lowest BCUT2D eigenvalue weighted by atomic mass is 10.1. The van der Waals surface area contributed by atoms with Crippen LogP contribution in [-0.2, 0) is 4.79 Å². The second-order valence-corrected chi connectivity index (χ2v) is 8.13. The van der Waals surface area contributed by atoms with Crippen LogP contribution in [0.5, 0.6) is 5.75 Å². The molecular weight excluding hydrogens is 418 g/mol. The number of ether oxygens (including phenoxy) is 1. The summed E-state index contributed by atoms with van der Waals surface area (Å²) in [6.45, 7) is 0. The number of nitrogens with one attached hydrogen (secondary N) is 2. The van der Waals surface area contributed by atoms with Crippen LogP contribution >= 0.6 is 23.1 Å². The van der Waals surface area contributed by atoms with Gasteiger partial charge in [0.25, 0.3) is 0 Å². The number of H-pyrrole nitrogens is 1. The largest absolute Gasteiger partial charge is 0.497 e. The summed E-state index contributed by atoms with van der Waals surface area (Å²) in [6.07, 6.45) is 1.74. The summed E-state index contributed by atoms with van der Waals surface area (Å²) >= 11 is 2.79. The lowest BCUT2D eigenvalue weighted by Crippen LogP contribution is -2.30. The first kappa shape index (κ1) is 20.1. The van der Waals surface area contributed by atoms with Crippen LogP contribution in [0.15, 0.2) is 71.3 Å². The molecule has 0 bridgehead atoms. The molecule has 0 fully saturated rings. The molecule has 4 aromatic rings. The molecule has 1 amide bonds. The molecule has 0 spiro atoms. The lowest BCUT2D eigenvalue weighted by Gasteiger charge is -2.16. The van der Waals surface area contributed by atoms with Gasteiger partial charge in [-0.15, -0.1) is 16.4 Å². The highest BCUT2D eigenvalue weighted by molar-refractivity contribution is 7.99. The highest BCUT2D eigenvalue weighted by Crippen LogP contribution is 2.25. The van der Waals surface area contributed by atoms with Crippen LogP contribution in [0.3, 0.4) is 0 Å². The van der Waals surface area contributed by atoms with Crippen molar-refractivity contribution in [2.75, 3.05) is 12.9 Å². The van der Waals surface area contributed by atoms with Crippen LogP contribution in [0.4, 0.5) is 0 Å². The molecule has 2 N–H and O–H groups in total. The first-order valence-corrected chi connectivity index (χ1v) is 11.0. The number of amides is 1. The van der Waals surface area contributed by atoms with Crippen molar-refractivity contribution in [3.63, 3.8) is 0 Å². The van der Waals surface area contributed by atoms with E-state index in [1.165, 1.54) is 23.1 Å². The maximum atomic E-state index is 12.6. The molecule has 30 heavy (non-hydrogen) atoms.